The lowest BCUT2D eigenvalue weighted by Crippen LogP contribution is -2.66. The van der Waals surface area contributed by atoms with E-state index in [1.54, 1.807) is 11.1 Å². The summed E-state index contributed by atoms with van der Waals surface area (Å²) in [5.74, 6) is -0.0569. The van der Waals surface area contributed by atoms with Crippen LogP contribution in [-0.4, -0.2) is 58.5 Å². The first-order chi connectivity index (χ1) is 13.2. The Hall–Kier alpha value is -2.55. The number of amides is 2. The maximum absolute atomic E-state index is 12.8. The number of carbonyl (C=O) groups is 2. The highest BCUT2D eigenvalue weighted by Crippen LogP contribution is 2.43. The van der Waals surface area contributed by atoms with Crippen molar-refractivity contribution >= 4 is 29.0 Å². The first-order valence-corrected chi connectivity index (χ1v) is 10.2. The third-order valence-electron chi connectivity index (χ3n) is 5.29. The summed E-state index contributed by atoms with van der Waals surface area (Å²) in [5.41, 5.74) is 0.888. The van der Waals surface area contributed by atoms with Crippen LogP contribution in [0.5, 0.6) is 0 Å². The van der Waals surface area contributed by atoms with Crippen LogP contribution in [0.25, 0.3) is 10.4 Å². The summed E-state index contributed by atoms with van der Waals surface area (Å²) in [6.45, 7) is 6.66. The minimum Gasteiger partial charge on any atom is -0.444 e. The summed E-state index contributed by atoms with van der Waals surface area (Å²) < 4.78 is 5.48. The first kappa shape index (κ1) is 18.8. The molecular formula is C19H25N5O3S. The summed E-state index contributed by atoms with van der Waals surface area (Å²) in [5, 5.41) is 10.0. The third-order valence-corrected chi connectivity index (χ3v) is 6.47. The van der Waals surface area contributed by atoms with Crippen LogP contribution in [0.15, 0.2) is 18.5 Å². The second-order valence-corrected chi connectivity index (χ2v) is 9.38. The van der Waals surface area contributed by atoms with Crippen LogP contribution in [0, 0.1) is 0 Å². The zero-order valence-corrected chi connectivity index (χ0v) is 17.4. The Balaban J connectivity index is 1.53. The van der Waals surface area contributed by atoms with Crippen molar-refractivity contribution in [1.29, 1.82) is 0 Å². The van der Waals surface area contributed by atoms with E-state index in [1.165, 1.54) is 11.3 Å². The number of likely N-dealkylation sites (tertiary alicyclic amines) is 1. The monoisotopic (exact) mass is 403 g/mol. The SMILES string of the molecule is CN1c2cc(-c3cn[nH]c3)sc2C(=O)NC12CCN(C(=O)OC(C)(C)C)CC2. The maximum Gasteiger partial charge on any atom is 0.410 e. The lowest BCUT2D eigenvalue weighted by atomic mass is 9.92. The lowest BCUT2D eigenvalue weighted by Gasteiger charge is -2.50. The Morgan fingerprint density at radius 1 is 1.32 bits per heavy atom. The maximum atomic E-state index is 12.8. The first-order valence-electron chi connectivity index (χ1n) is 9.36. The lowest BCUT2D eigenvalue weighted by molar-refractivity contribution is 0.0147. The molecule has 0 radical (unpaired) electrons. The van der Waals surface area contributed by atoms with E-state index in [1.807, 2.05) is 40.1 Å². The number of rotatable bonds is 1. The van der Waals surface area contributed by atoms with Crippen LogP contribution in [-0.2, 0) is 4.74 Å². The van der Waals surface area contributed by atoms with E-state index < -0.39 is 11.3 Å². The Morgan fingerprint density at radius 2 is 2.04 bits per heavy atom. The number of ether oxygens (including phenoxy) is 1. The van der Waals surface area contributed by atoms with Gasteiger partial charge in [0.2, 0.25) is 0 Å². The Bertz CT molecular complexity index is 891. The van der Waals surface area contributed by atoms with Gasteiger partial charge in [0.25, 0.3) is 5.91 Å². The molecule has 8 nitrogen and oxygen atoms in total. The normalized spacial score (nSPS) is 18.8. The van der Waals surface area contributed by atoms with Gasteiger partial charge in [0.15, 0.2) is 0 Å². The van der Waals surface area contributed by atoms with E-state index in [0.29, 0.717) is 30.8 Å². The van der Waals surface area contributed by atoms with Crippen LogP contribution in [0.3, 0.4) is 0 Å². The second kappa shape index (κ2) is 6.51. The molecule has 1 fully saturated rings. The number of H-pyrrole nitrogens is 1. The van der Waals surface area contributed by atoms with Crippen LogP contribution in [0.4, 0.5) is 10.5 Å². The molecule has 9 heteroatoms. The molecule has 2 N–H and O–H groups in total. The van der Waals surface area contributed by atoms with Gasteiger partial charge in [-0.2, -0.15) is 5.10 Å². The highest BCUT2D eigenvalue weighted by atomic mass is 32.1. The predicted molar refractivity (Wildman–Crippen MR) is 108 cm³/mol. The fourth-order valence-corrected chi connectivity index (χ4v) is 4.81. The van der Waals surface area contributed by atoms with Gasteiger partial charge in [-0.05, 0) is 26.8 Å². The van der Waals surface area contributed by atoms with Gasteiger partial charge >= 0.3 is 6.09 Å². The van der Waals surface area contributed by atoms with Gasteiger partial charge < -0.3 is 19.9 Å². The fraction of sp³-hybridized carbons (Fsp3) is 0.526. The summed E-state index contributed by atoms with van der Waals surface area (Å²) in [6.07, 6.45) is 4.56. The third kappa shape index (κ3) is 3.23. The number of hydrogen-bond acceptors (Lipinski definition) is 6. The van der Waals surface area contributed by atoms with E-state index in [9.17, 15) is 9.59 Å². The predicted octanol–water partition coefficient (Wildman–Crippen LogP) is 3.05. The second-order valence-electron chi connectivity index (χ2n) is 8.32. The van der Waals surface area contributed by atoms with Gasteiger partial charge in [-0.3, -0.25) is 9.89 Å². The largest absolute Gasteiger partial charge is 0.444 e. The number of carbonyl (C=O) groups excluding carboxylic acids is 2. The Morgan fingerprint density at radius 3 is 2.64 bits per heavy atom. The Labute approximate surface area is 167 Å². The molecule has 1 spiro atoms. The quantitative estimate of drug-likeness (QED) is 0.764. The summed E-state index contributed by atoms with van der Waals surface area (Å²) in [4.78, 5) is 30.8. The summed E-state index contributed by atoms with van der Waals surface area (Å²) in [7, 11) is 2.01. The molecule has 0 unspecified atom stereocenters. The summed E-state index contributed by atoms with van der Waals surface area (Å²) in [6, 6.07) is 2.05. The molecule has 2 aliphatic heterocycles. The zero-order chi connectivity index (χ0) is 20.1. The molecule has 4 heterocycles. The molecule has 1 saturated heterocycles. The molecule has 150 valence electrons. The van der Waals surface area contributed by atoms with Gasteiger partial charge in [0.05, 0.1) is 11.9 Å². The molecule has 0 atom stereocenters. The van der Waals surface area contributed by atoms with Gasteiger partial charge in [-0.25, -0.2) is 4.79 Å². The Kier molecular flexibility index (Phi) is 4.37. The molecule has 2 amide bonds. The highest BCUT2D eigenvalue weighted by molar-refractivity contribution is 7.18. The fourth-order valence-electron chi connectivity index (χ4n) is 3.75. The molecular weight excluding hydrogens is 378 g/mol. The molecule has 2 aromatic heterocycles. The number of thiophene rings is 1. The smallest absolute Gasteiger partial charge is 0.410 e. The molecule has 0 aliphatic carbocycles. The van der Waals surface area contributed by atoms with Crippen molar-refractivity contribution in [2.24, 2.45) is 0 Å². The number of anilines is 1. The van der Waals surface area contributed by atoms with Crippen LogP contribution in [0.2, 0.25) is 0 Å². The molecule has 2 aliphatic rings. The number of piperidine rings is 1. The van der Waals surface area contributed by atoms with Crippen LogP contribution >= 0.6 is 11.3 Å². The van der Waals surface area contributed by atoms with Crippen LogP contribution < -0.4 is 10.2 Å². The van der Waals surface area contributed by atoms with Crippen molar-refractivity contribution in [2.45, 2.75) is 44.9 Å². The van der Waals surface area contributed by atoms with Gasteiger partial charge in [0, 0.05) is 49.6 Å². The van der Waals surface area contributed by atoms with Crippen molar-refractivity contribution in [3.63, 3.8) is 0 Å². The molecule has 0 bridgehead atoms. The van der Waals surface area contributed by atoms with Crippen molar-refractivity contribution < 1.29 is 14.3 Å². The van der Waals surface area contributed by atoms with E-state index in [0.717, 1.165) is 16.1 Å². The van der Waals surface area contributed by atoms with E-state index in [2.05, 4.69) is 20.4 Å². The topological polar surface area (TPSA) is 90.6 Å². The van der Waals surface area contributed by atoms with Crippen LogP contribution in [0.1, 0.15) is 43.3 Å². The number of aromatic amines is 1. The standard InChI is InChI=1S/C19H25N5O3S/c1-18(2,3)27-17(26)24-7-5-19(6-8-24)22-16(25)15-13(23(19)4)9-14(28-15)12-10-20-21-11-12/h9-11H,5-8H2,1-4H3,(H,20,21)(H,22,25). The zero-order valence-electron chi connectivity index (χ0n) is 16.5. The number of nitrogens with one attached hydrogen (secondary N) is 2. The number of aromatic nitrogens is 2. The van der Waals surface area contributed by atoms with Crippen molar-refractivity contribution in [1.82, 2.24) is 20.4 Å². The van der Waals surface area contributed by atoms with E-state index in [4.69, 9.17) is 4.74 Å². The molecule has 2 aromatic rings. The number of fused-ring (bicyclic) bond motifs is 1. The van der Waals surface area contributed by atoms with Crippen molar-refractivity contribution in [3.05, 3.63) is 23.3 Å². The number of hydrogen-bond donors (Lipinski definition) is 2. The van der Waals surface area contributed by atoms with Gasteiger partial charge in [-0.1, -0.05) is 0 Å². The summed E-state index contributed by atoms with van der Waals surface area (Å²) >= 11 is 1.47. The average molecular weight is 404 g/mol. The molecule has 4 rings (SSSR count). The van der Waals surface area contributed by atoms with Crippen molar-refractivity contribution in [2.75, 3.05) is 25.0 Å². The van der Waals surface area contributed by atoms with Gasteiger partial charge in [-0.15, -0.1) is 11.3 Å². The molecule has 0 saturated carbocycles. The number of nitrogens with zero attached hydrogens (tertiary/aromatic N) is 3. The molecule has 0 aromatic carbocycles. The molecule has 28 heavy (non-hydrogen) atoms. The van der Waals surface area contributed by atoms with Gasteiger partial charge in [0.1, 0.15) is 16.1 Å². The van der Waals surface area contributed by atoms with E-state index >= 15 is 0 Å². The average Bonchev–Trinajstić information content (AvgIpc) is 3.28. The van der Waals surface area contributed by atoms with E-state index in [-0.39, 0.29) is 12.0 Å². The minimum absolute atomic E-state index is 0.0569. The highest BCUT2D eigenvalue weighted by Gasteiger charge is 2.46. The minimum atomic E-state index is -0.517. The van der Waals surface area contributed by atoms with Crippen molar-refractivity contribution in [3.8, 4) is 10.4 Å².